The molecule has 0 unspecified atom stereocenters. The highest BCUT2D eigenvalue weighted by Crippen LogP contribution is 2.38. The molecule has 0 spiro atoms. The second kappa shape index (κ2) is 8.23. The van der Waals surface area contributed by atoms with Crippen molar-refractivity contribution in [3.05, 3.63) is 47.9 Å². The predicted molar refractivity (Wildman–Crippen MR) is 107 cm³/mol. The van der Waals surface area contributed by atoms with Crippen molar-refractivity contribution in [3.63, 3.8) is 0 Å². The van der Waals surface area contributed by atoms with Gasteiger partial charge in [-0.05, 0) is 31.0 Å². The number of aromatic nitrogens is 2. The van der Waals surface area contributed by atoms with Crippen LogP contribution in [0.3, 0.4) is 0 Å². The molecular formula is C22H23F3N4O3. The van der Waals surface area contributed by atoms with Crippen molar-refractivity contribution in [2.24, 2.45) is 0 Å². The normalized spacial score (nSPS) is 23.7. The summed E-state index contributed by atoms with van der Waals surface area (Å²) >= 11 is 0. The molecule has 0 bridgehead atoms. The summed E-state index contributed by atoms with van der Waals surface area (Å²) in [6.45, 7) is 2.42. The summed E-state index contributed by atoms with van der Waals surface area (Å²) in [6.07, 6.45) is 1.70. The second-order valence-electron chi connectivity index (χ2n) is 8.50. The summed E-state index contributed by atoms with van der Waals surface area (Å²) in [5, 5.41) is 0. The number of alkyl halides is 3. The fourth-order valence-corrected chi connectivity index (χ4v) is 4.42. The van der Waals surface area contributed by atoms with E-state index in [4.69, 9.17) is 4.74 Å². The number of hydrogen-bond donors (Lipinski definition) is 0. The van der Waals surface area contributed by atoms with Gasteiger partial charge < -0.3 is 14.4 Å². The summed E-state index contributed by atoms with van der Waals surface area (Å²) < 4.78 is 47.4. The molecule has 10 heteroatoms. The van der Waals surface area contributed by atoms with Crippen LogP contribution in [0.5, 0.6) is 11.6 Å². The Morgan fingerprint density at radius 1 is 1.09 bits per heavy atom. The molecule has 1 aliphatic carbocycles. The van der Waals surface area contributed by atoms with E-state index < -0.39 is 12.1 Å². The van der Waals surface area contributed by atoms with Crippen LogP contribution in [0, 0.1) is 0 Å². The lowest BCUT2D eigenvalue weighted by molar-refractivity contribution is -0.274. The number of fused-ring (bicyclic) bond motifs is 1. The maximum absolute atomic E-state index is 12.9. The predicted octanol–water partition coefficient (Wildman–Crippen LogP) is 3.23. The smallest absolute Gasteiger partial charge is 0.472 e. The molecule has 3 aliphatic rings. The molecule has 1 aromatic heterocycles. The van der Waals surface area contributed by atoms with Gasteiger partial charge in [0, 0.05) is 50.1 Å². The van der Waals surface area contributed by atoms with E-state index in [1.54, 1.807) is 17.3 Å². The van der Waals surface area contributed by atoms with E-state index in [9.17, 15) is 18.0 Å². The number of carbonyl (C=O) groups is 1. The molecule has 1 amide bonds. The molecule has 2 aliphatic heterocycles. The van der Waals surface area contributed by atoms with Gasteiger partial charge in [-0.25, -0.2) is 4.98 Å². The Kier molecular flexibility index (Phi) is 5.40. The molecule has 1 saturated carbocycles. The van der Waals surface area contributed by atoms with Crippen molar-refractivity contribution in [1.29, 1.82) is 0 Å². The highest BCUT2D eigenvalue weighted by atomic mass is 19.4. The number of piperazine rings is 1. The zero-order valence-corrected chi connectivity index (χ0v) is 17.3. The maximum atomic E-state index is 12.9. The Hall–Kier alpha value is -2.88. The standard InChI is InChI=1S/C22H23F3N4O3/c23-22(24,25)32-17-3-1-2-15(8-17)21(30)29-7-6-28-13-18(9-16(28)12-29)31-20-11-26-19(10-27-20)14-4-5-14/h1-3,8,10-11,14,16,18H,4-7,9,12-13H2/t16-,18+/m0/s1. The van der Waals surface area contributed by atoms with Crippen molar-refractivity contribution in [2.45, 2.75) is 43.7 Å². The monoisotopic (exact) mass is 448 g/mol. The van der Waals surface area contributed by atoms with Gasteiger partial charge in [0.05, 0.1) is 18.1 Å². The van der Waals surface area contributed by atoms with Gasteiger partial charge in [0.25, 0.3) is 5.91 Å². The second-order valence-corrected chi connectivity index (χ2v) is 8.50. The highest BCUT2D eigenvalue weighted by molar-refractivity contribution is 5.94. The van der Waals surface area contributed by atoms with E-state index in [0.29, 0.717) is 31.4 Å². The van der Waals surface area contributed by atoms with Crippen LogP contribution in [-0.4, -0.2) is 70.4 Å². The summed E-state index contributed by atoms with van der Waals surface area (Å²) in [4.78, 5) is 25.7. The third kappa shape index (κ3) is 4.79. The first-order chi connectivity index (χ1) is 15.3. The van der Waals surface area contributed by atoms with Gasteiger partial charge >= 0.3 is 6.36 Å². The molecule has 2 atom stereocenters. The average Bonchev–Trinajstić information content (AvgIpc) is 3.52. The number of rotatable bonds is 5. The summed E-state index contributed by atoms with van der Waals surface area (Å²) in [5.41, 5.74) is 1.19. The van der Waals surface area contributed by atoms with E-state index in [2.05, 4.69) is 19.6 Å². The summed E-state index contributed by atoms with van der Waals surface area (Å²) in [7, 11) is 0. The first-order valence-electron chi connectivity index (χ1n) is 10.7. The van der Waals surface area contributed by atoms with Crippen LogP contribution >= 0.6 is 0 Å². The van der Waals surface area contributed by atoms with Gasteiger partial charge in [0.2, 0.25) is 5.88 Å². The van der Waals surface area contributed by atoms with Crippen molar-refractivity contribution in [2.75, 3.05) is 26.2 Å². The number of benzene rings is 1. The van der Waals surface area contributed by atoms with Crippen LogP contribution in [0.4, 0.5) is 13.2 Å². The van der Waals surface area contributed by atoms with Crippen LogP contribution in [0.25, 0.3) is 0 Å². The molecule has 7 nitrogen and oxygen atoms in total. The van der Waals surface area contributed by atoms with Crippen molar-refractivity contribution in [3.8, 4) is 11.6 Å². The molecule has 170 valence electrons. The number of halogens is 3. The lowest BCUT2D eigenvalue weighted by atomic mass is 10.1. The quantitative estimate of drug-likeness (QED) is 0.700. The van der Waals surface area contributed by atoms with Crippen molar-refractivity contribution < 1.29 is 27.4 Å². The fourth-order valence-electron chi connectivity index (χ4n) is 4.42. The van der Waals surface area contributed by atoms with Crippen LogP contribution in [0.2, 0.25) is 0 Å². The molecule has 1 aromatic carbocycles. The van der Waals surface area contributed by atoms with Gasteiger partial charge in [-0.2, -0.15) is 0 Å². The van der Waals surface area contributed by atoms with Gasteiger partial charge in [-0.3, -0.25) is 14.7 Å². The molecule has 5 rings (SSSR count). The van der Waals surface area contributed by atoms with Crippen LogP contribution in [0.1, 0.15) is 41.2 Å². The lowest BCUT2D eigenvalue weighted by Crippen LogP contribution is -2.52. The topological polar surface area (TPSA) is 67.8 Å². The highest BCUT2D eigenvalue weighted by Gasteiger charge is 2.39. The first-order valence-corrected chi connectivity index (χ1v) is 10.7. The van der Waals surface area contributed by atoms with Gasteiger partial charge in [0.1, 0.15) is 11.9 Å². The van der Waals surface area contributed by atoms with E-state index in [0.717, 1.165) is 24.7 Å². The van der Waals surface area contributed by atoms with E-state index in [1.807, 2.05) is 0 Å². The molecule has 32 heavy (non-hydrogen) atoms. The molecule has 2 saturated heterocycles. The van der Waals surface area contributed by atoms with Crippen molar-refractivity contribution >= 4 is 5.91 Å². The molecular weight excluding hydrogens is 425 g/mol. The lowest BCUT2D eigenvalue weighted by Gasteiger charge is -2.37. The molecule has 0 radical (unpaired) electrons. The SMILES string of the molecule is O=C(c1cccc(OC(F)(F)F)c1)N1CCN2C[C@H](Oc3cnc(C4CC4)cn3)C[C@H]2C1. The first kappa shape index (κ1) is 21.0. The maximum Gasteiger partial charge on any atom is 0.573 e. The Labute approximate surface area is 183 Å². The Bertz CT molecular complexity index is 981. The fraction of sp³-hybridized carbons (Fsp3) is 0.500. The third-order valence-corrected chi connectivity index (χ3v) is 6.11. The zero-order valence-electron chi connectivity index (χ0n) is 17.3. The number of ether oxygens (including phenoxy) is 2. The summed E-state index contributed by atoms with van der Waals surface area (Å²) in [5.74, 6) is 0.350. The molecule has 3 heterocycles. The summed E-state index contributed by atoms with van der Waals surface area (Å²) in [6, 6.07) is 5.33. The molecule has 0 N–H and O–H groups in total. The van der Waals surface area contributed by atoms with Gasteiger partial charge in [0.15, 0.2) is 0 Å². The Balaban J connectivity index is 1.18. The van der Waals surface area contributed by atoms with E-state index >= 15 is 0 Å². The van der Waals surface area contributed by atoms with Crippen LogP contribution in [-0.2, 0) is 0 Å². The number of amides is 1. The van der Waals surface area contributed by atoms with Gasteiger partial charge in [-0.1, -0.05) is 6.07 Å². The Morgan fingerprint density at radius 3 is 2.66 bits per heavy atom. The van der Waals surface area contributed by atoms with E-state index in [-0.39, 0.29) is 23.6 Å². The Morgan fingerprint density at radius 2 is 1.94 bits per heavy atom. The molecule has 3 fully saturated rings. The van der Waals surface area contributed by atoms with Crippen LogP contribution < -0.4 is 9.47 Å². The number of hydrogen-bond acceptors (Lipinski definition) is 6. The number of nitrogens with zero attached hydrogens (tertiary/aromatic N) is 4. The zero-order chi connectivity index (χ0) is 22.3. The van der Waals surface area contributed by atoms with Crippen LogP contribution in [0.15, 0.2) is 36.7 Å². The van der Waals surface area contributed by atoms with E-state index in [1.165, 1.54) is 31.0 Å². The average molecular weight is 448 g/mol. The number of carbonyl (C=O) groups excluding carboxylic acids is 1. The molecule has 2 aromatic rings. The van der Waals surface area contributed by atoms with Gasteiger partial charge in [-0.15, -0.1) is 13.2 Å². The largest absolute Gasteiger partial charge is 0.573 e. The van der Waals surface area contributed by atoms with Crippen molar-refractivity contribution in [1.82, 2.24) is 19.8 Å². The minimum absolute atomic E-state index is 0.0420. The third-order valence-electron chi connectivity index (χ3n) is 6.11. The minimum Gasteiger partial charge on any atom is -0.472 e. The minimum atomic E-state index is -4.80.